The van der Waals surface area contributed by atoms with Crippen molar-refractivity contribution in [2.45, 2.75) is 38.4 Å². The first-order chi connectivity index (χ1) is 14.0. The van der Waals surface area contributed by atoms with E-state index in [4.69, 9.17) is 9.47 Å². The zero-order valence-corrected chi connectivity index (χ0v) is 17.6. The van der Waals surface area contributed by atoms with Crippen molar-refractivity contribution in [3.63, 3.8) is 0 Å². The van der Waals surface area contributed by atoms with Crippen molar-refractivity contribution in [2.75, 3.05) is 25.5 Å². The Kier molecular flexibility index (Phi) is 5.27. The first-order valence-electron chi connectivity index (χ1n) is 10.4. The lowest BCUT2D eigenvalue weighted by atomic mass is 9.87. The second kappa shape index (κ2) is 7.86. The Balaban J connectivity index is 1.45. The van der Waals surface area contributed by atoms with Gasteiger partial charge in [0.05, 0.1) is 11.8 Å². The van der Waals surface area contributed by atoms with E-state index in [2.05, 4.69) is 53.2 Å². The van der Waals surface area contributed by atoms with Crippen LogP contribution in [0.1, 0.15) is 37.8 Å². The molecule has 4 heteroatoms. The molecule has 1 fully saturated rings. The number of para-hydroxylation sites is 1. The highest BCUT2D eigenvalue weighted by atomic mass is 16.5. The third kappa shape index (κ3) is 3.98. The predicted molar refractivity (Wildman–Crippen MR) is 120 cm³/mol. The van der Waals surface area contributed by atoms with Crippen LogP contribution in [0.4, 0.5) is 5.69 Å². The lowest BCUT2D eigenvalue weighted by Crippen LogP contribution is -2.46. The van der Waals surface area contributed by atoms with Gasteiger partial charge < -0.3 is 19.7 Å². The molecule has 2 aliphatic heterocycles. The minimum atomic E-state index is -0.198. The Labute approximate surface area is 173 Å². The maximum Gasteiger partial charge on any atom is 0.142 e. The van der Waals surface area contributed by atoms with Crippen LogP contribution < -0.4 is 14.8 Å². The summed E-state index contributed by atoms with van der Waals surface area (Å²) in [6, 6.07) is 14.5. The second-order valence-corrected chi connectivity index (χ2v) is 8.10. The number of benzene rings is 2. The Morgan fingerprint density at radius 2 is 1.93 bits per heavy atom. The van der Waals surface area contributed by atoms with Crippen LogP contribution in [0.5, 0.6) is 11.5 Å². The molecule has 0 atom stereocenters. The van der Waals surface area contributed by atoms with Crippen molar-refractivity contribution in [1.82, 2.24) is 4.90 Å². The molecule has 1 N–H and O–H groups in total. The van der Waals surface area contributed by atoms with E-state index in [1.165, 1.54) is 0 Å². The van der Waals surface area contributed by atoms with E-state index in [9.17, 15) is 0 Å². The van der Waals surface area contributed by atoms with Gasteiger partial charge in [0.25, 0.3) is 0 Å². The molecule has 1 spiro atoms. The quantitative estimate of drug-likeness (QED) is 0.738. The van der Waals surface area contributed by atoms with Gasteiger partial charge >= 0.3 is 0 Å². The first kappa shape index (κ1) is 19.4. The van der Waals surface area contributed by atoms with Gasteiger partial charge in [0.1, 0.15) is 17.1 Å². The van der Waals surface area contributed by atoms with E-state index in [-0.39, 0.29) is 11.7 Å². The number of hydrogen-bond acceptors (Lipinski definition) is 4. The van der Waals surface area contributed by atoms with Crippen molar-refractivity contribution < 1.29 is 9.47 Å². The summed E-state index contributed by atoms with van der Waals surface area (Å²) in [6.45, 7) is 10.3. The van der Waals surface area contributed by atoms with Crippen LogP contribution in [0.25, 0.3) is 11.8 Å². The fourth-order valence-electron chi connectivity index (χ4n) is 4.07. The summed E-state index contributed by atoms with van der Waals surface area (Å²) in [5, 5.41) is 3.24. The fourth-order valence-corrected chi connectivity index (χ4v) is 4.07. The predicted octanol–water partition coefficient (Wildman–Crippen LogP) is 5.43. The fraction of sp³-hybridized carbons (Fsp3) is 0.360. The van der Waals surface area contributed by atoms with Gasteiger partial charge in [-0.25, -0.2) is 0 Å². The lowest BCUT2D eigenvalue weighted by molar-refractivity contribution is 0.0563. The highest BCUT2D eigenvalue weighted by Crippen LogP contribution is 2.38. The molecular formula is C25H30N2O2. The van der Waals surface area contributed by atoms with E-state index in [1.807, 2.05) is 39.1 Å². The van der Waals surface area contributed by atoms with Gasteiger partial charge in [-0.3, -0.25) is 0 Å². The molecule has 0 unspecified atom stereocenters. The van der Waals surface area contributed by atoms with Crippen molar-refractivity contribution in [1.29, 1.82) is 0 Å². The monoisotopic (exact) mass is 390 g/mol. The number of piperidine rings is 1. The molecule has 0 aromatic heterocycles. The molecule has 0 aliphatic carbocycles. The molecule has 0 radical (unpaired) electrons. The molecule has 0 amide bonds. The largest absolute Gasteiger partial charge is 0.489 e. The zero-order chi connectivity index (χ0) is 20.4. The van der Waals surface area contributed by atoms with Gasteiger partial charge in [-0.2, -0.15) is 0 Å². The number of rotatable bonds is 5. The number of hydrogen-bond donors (Lipinski definition) is 1. The summed E-state index contributed by atoms with van der Waals surface area (Å²) < 4.78 is 12.3. The Bertz CT molecular complexity index is 924. The van der Waals surface area contributed by atoms with Gasteiger partial charge in [0, 0.05) is 44.2 Å². The number of likely N-dealkylation sites (tertiary alicyclic amines) is 1. The average Bonchev–Trinajstić information content (AvgIpc) is 2.73. The Hall–Kier alpha value is -2.88. The topological polar surface area (TPSA) is 33.7 Å². The number of fused-ring (bicyclic) bond motifs is 1. The second-order valence-electron chi connectivity index (χ2n) is 8.10. The van der Waals surface area contributed by atoms with Crippen molar-refractivity contribution >= 4 is 17.5 Å². The standard InChI is InChI=1S/C25H30N2O2/c1-18(2)28-24-10-9-21(17-22(24)26-4)19(3)27-15-13-25(14-16-27)12-11-20-7-5-6-8-23(20)29-25/h5-12,17-18,26H,3,13-16H2,1-2,4H3. The van der Waals surface area contributed by atoms with Crippen LogP contribution >= 0.6 is 0 Å². The number of ether oxygens (including phenoxy) is 2. The van der Waals surface area contributed by atoms with E-state index >= 15 is 0 Å². The van der Waals surface area contributed by atoms with Crippen LogP contribution in [-0.2, 0) is 0 Å². The smallest absolute Gasteiger partial charge is 0.142 e. The molecule has 2 aliphatic rings. The molecule has 0 saturated carbocycles. The highest BCUT2D eigenvalue weighted by Gasteiger charge is 2.37. The SMILES string of the molecule is C=C(c1ccc(OC(C)C)c(NC)c1)N1CCC2(C=Cc3ccccc3O2)CC1. The van der Waals surface area contributed by atoms with E-state index in [0.717, 1.165) is 59.9 Å². The minimum Gasteiger partial charge on any atom is -0.489 e. The average molecular weight is 391 g/mol. The van der Waals surface area contributed by atoms with Gasteiger partial charge in [-0.05, 0) is 49.8 Å². The summed E-state index contributed by atoms with van der Waals surface area (Å²) in [5.74, 6) is 1.86. The number of nitrogens with zero attached hydrogens (tertiary/aromatic N) is 1. The Morgan fingerprint density at radius 3 is 2.66 bits per heavy atom. The van der Waals surface area contributed by atoms with Crippen molar-refractivity contribution in [3.05, 3.63) is 66.2 Å². The molecule has 152 valence electrons. The first-order valence-corrected chi connectivity index (χ1v) is 10.4. The molecule has 2 aromatic carbocycles. The Morgan fingerprint density at radius 1 is 1.17 bits per heavy atom. The van der Waals surface area contributed by atoms with Gasteiger partial charge in [0.15, 0.2) is 0 Å². The maximum absolute atomic E-state index is 6.41. The van der Waals surface area contributed by atoms with E-state index in [0.29, 0.717) is 0 Å². The van der Waals surface area contributed by atoms with Gasteiger partial charge in [-0.1, -0.05) is 30.9 Å². The minimum absolute atomic E-state index is 0.142. The lowest BCUT2D eigenvalue weighted by Gasteiger charge is -2.43. The molecule has 4 nitrogen and oxygen atoms in total. The van der Waals surface area contributed by atoms with Gasteiger partial charge in [-0.15, -0.1) is 0 Å². The maximum atomic E-state index is 6.41. The summed E-state index contributed by atoms with van der Waals surface area (Å²) in [4.78, 5) is 2.36. The molecule has 29 heavy (non-hydrogen) atoms. The van der Waals surface area contributed by atoms with E-state index in [1.54, 1.807) is 0 Å². The van der Waals surface area contributed by atoms with Crippen molar-refractivity contribution in [2.24, 2.45) is 0 Å². The number of anilines is 1. The van der Waals surface area contributed by atoms with Crippen LogP contribution in [0.15, 0.2) is 55.1 Å². The summed E-state index contributed by atoms with van der Waals surface area (Å²) in [6.07, 6.45) is 6.49. The number of nitrogens with one attached hydrogen (secondary N) is 1. The summed E-state index contributed by atoms with van der Waals surface area (Å²) in [5.41, 5.74) is 4.12. The van der Waals surface area contributed by atoms with Gasteiger partial charge in [0.2, 0.25) is 0 Å². The summed E-state index contributed by atoms with van der Waals surface area (Å²) in [7, 11) is 1.92. The third-order valence-corrected chi connectivity index (χ3v) is 5.74. The summed E-state index contributed by atoms with van der Waals surface area (Å²) >= 11 is 0. The van der Waals surface area contributed by atoms with Crippen molar-refractivity contribution in [3.8, 4) is 11.5 Å². The van der Waals surface area contributed by atoms with Crippen LogP contribution in [0.3, 0.4) is 0 Å². The molecule has 4 rings (SSSR count). The molecule has 2 aromatic rings. The zero-order valence-electron chi connectivity index (χ0n) is 17.6. The molecule has 0 bridgehead atoms. The van der Waals surface area contributed by atoms with Crippen LogP contribution in [-0.4, -0.2) is 36.7 Å². The highest BCUT2D eigenvalue weighted by molar-refractivity contribution is 5.70. The molecule has 2 heterocycles. The molecular weight excluding hydrogens is 360 g/mol. The van der Waals surface area contributed by atoms with Crippen LogP contribution in [0.2, 0.25) is 0 Å². The van der Waals surface area contributed by atoms with Crippen LogP contribution in [0, 0.1) is 0 Å². The normalized spacial score (nSPS) is 17.0. The molecule has 1 saturated heterocycles. The third-order valence-electron chi connectivity index (χ3n) is 5.74. The van der Waals surface area contributed by atoms with E-state index < -0.39 is 0 Å².